The minimum absolute atomic E-state index is 0.287. The number of ether oxygens (including phenoxy) is 1. The van der Waals surface area contributed by atoms with Crippen molar-refractivity contribution < 1.29 is 14.3 Å². The number of nitrogens with zero attached hydrogens (tertiary/aromatic N) is 3. The fourth-order valence-corrected chi connectivity index (χ4v) is 5.08. The molecule has 9 nitrogen and oxygen atoms in total. The molecule has 2 aromatic heterocycles. The fourth-order valence-electron chi connectivity index (χ4n) is 4.89. The van der Waals surface area contributed by atoms with E-state index < -0.39 is 35.2 Å². The number of halogens is 1. The molecule has 0 amide bonds. The lowest BCUT2D eigenvalue weighted by Crippen LogP contribution is -2.42. The number of nitrogens with two attached hydrogens (primary N) is 1. The largest absolute Gasteiger partial charge is 0.454 e. The first-order valence-electron chi connectivity index (χ1n) is 12.3. The highest BCUT2D eigenvalue weighted by Gasteiger charge is 2.28. The number of nitrogen functional groups attached to an aromatic ring is 1. The van der Waals surface area contributed by atoms with Gasteiger partial charge in [0.25, 0.3) is 5.56 Å². The highest BCUT2D eigenvalue weighted by Crippen LogP contribution is 2.37. The number of carbonyl (C=O) groups is 2. The van der Waals surface area contributed by atoms with Gasteiger partial charge < -0.3 is 10.5 Å². The number of allylic oxidation sites excluding steroid dienone is 1. The van der Waals surface area contributed by atoms with Crippen LogP contribution in [0.4, 0.5) is 5.82 Å². The predicted octanol–water partition coefficient (Wildman–Crippen LogP) is 3.78. The van der Waals surface area contributed by atoms with Gasteiger partial charge in [-0.2, -0.15) is 0 Å². The van der Waals surface area contributed by atoms with Crippen LogP contribution in [-0.4, -0.2) is 32.5 Å². The molecule has 198 valence electrons. The van der Waals surface area contributed by atoms with E-state index in [-0.39, 0.29) is 5.82 Å². The molecule has 2 N–H and O–H groups in total. The van der Waals surface area contributed by atoms with Gasteiger partial charge in [0.1, 0.15) is 11.4 Å². The zero-order valence-corrected chi connectivity index (χ0v) is 22.1. The average molecular weight is 545 g/mol. The standard InChI is InChI=1S/C29H25ClN4O5/c1-33-26(31)24(27(36)34(2)29(33)38)22(35)15-39-28(37)23-18-10-4-6-13-21(18)32-25-17(9-7-11-19(23)25)14-16-8-3-5-12-20(16)30/h3-6,8,10,12-14H,7,9,11,15,31H2,1-2H3/b17-14-. The molecule has 1 aliphatic rings. The Balaban J connectivity index is 1.55. The Kier molecular flexibility index (Phi) is 6.93. The molecule has 0 aliphatic heterocycles. The van der Waals surface area contributed by atoms with Crippen molar-refractivity contribution in [3.05, 3.63) is 102 Å². The van der Waals surface area contributed by atoms with Crippen molar-refractivity contribution in [2.75, 3.05) is 12.3 Å². The van der Waals surface area contributed by atoms with E-state index in [1.165, 1.54) is 14.1 Å². The van der Waals surface area contributed by atoms with Gasteiger partial charge in [0, 0.05) is 24.5 Å². The Morgan fingerprint density at radius 1 is 1.03 bits per heavy atom. The van der Waals surface area contributed by atoms with Crippen molar-refractivity contribution in [2.24, 2.45) is 14.1 Å². The second kappa shape index (κ2) is 10.3. The van der Waals surface area contributed by atoms with Crippen LogP contribution in [0.15, 0.2) is 58.1 Å². The number of carbonyl (C=O) groups excluding carboxylic acids is 2. The molecule has 0 saturated carbocycles. The maximum Gasteiger partial charge on any atom is 0.339 e. The Labute approximate surface area is 228 Å². The Morgan fingerprint density at radius 3 is 2.51 bits per heavy atom. The number of benzene rings is 2. The summed E-state index contributed by atoms with van der Waals surface area (Å²) in [7, 11) is 2.60. The molecule has 0 fully saturated rings. The van der Waals surface area contributed by atoms with E-state index in [4.69, 9.17) is 27.1 Å². The summed E-state index contributed by atoms with van der Waals surface area (Å²) in [6.07, 6.45) is 4.12. The predicted molar refractivity (Wildman–Crippen MR) is 150 cm³/mol. The number of Topliss-reactive ketones (excluding diaryl/α,β-unsaturated/α-hetero) is 1. The molecule has 39 heavy (non-hydrogen) atoms. The van der Waals surface area contributed by atoms with Crippen LogP contribution in [0.2, 0.25) is 5.02 Å². The Bertz CT molecular complexity index is 1820. The molecule has 0 spiro atoms. The maximum absolute atomic E-state index is 13.5. The summed E-state index contributed by atoms with van der Waals surface area (Å²) in [5.74, 6) is -1.80. The van der Waals surface area contributed by atoms with Crippen LogP contribution < -0.4 is 17.0 Å². The summed E-state index contributed by atoms with van der Waals surface area (Å²) in [6, 6.07) is 14.7. The van der Waals surface area contributed by atoms with Crippen LogP contribution >= 0.6 is 11.6 Å². The Hall–Kier alpha value is -4.50. The third kappa shape index (κ3) is 4.66. The summed E-state index contributed by atoms with van der Waals surface area (Å²) in [6.45, 7) is -0.718. The van der Waals surface area contributed by atoms with Gasteiger partial charge in [-0.05, 0) is 54.2 Å². The van der Waals surface area contributed by atoms with Gasteiger partial charge in [0.2, 0.25) is 5.78 Å². The van der Waals surface area contributed by atoms with E-state index in [0.29, 0.717) is 33.6 Å². The van der Waals surface area contributed by atoms with Gasteiger partial charge in [-0.3, -0.25) is 18.7 Å². The van der Waals surface area contributed by atoms with Crippen molar-refractivity contribution in [2.45, 2.75) is 19.3 Å². The topological polar surface area (TPSA) is 126 Å². The second-order valence-electron chi connectivity index (χ2n) is 9.34. The number of fused-ring (bicyclic) bond motifs is 2. The Morgan fingerprint density at radius 2 is 1.74 bits per heavy atom. The molecule has 5 rings (SSSR count). The van der Waals surface area contributed by atoms with Gasteiger partial charge >= 0.3 is 11.7 Å². The number of pyridine rings is 1. The minimum Gasteiger partial charge on any atom is -0.454 e. The van der Waals surface area contributed by atoms with E-state index >= 15 is 0 Å². The smallest absolute Gasteiger partial charge is 0.339 e. The zero-order valence-electron chi connectivity index (χ0n) is 21.4. The number of para-hydroxylation sites is 1. The van der Waals surface area contributed by atoms with Crippen LogP contribution in [0.3, 0.4) is 0 Å². The van der Waals surface area contributed by atoms with E-state index in [9.17, 15) is 19.2 Å². The molecule has 0 radical (unpaired) electrons. The van der Waals surface area contributed by atoms with E-state index in [1.807, 2.05) is 42.5 Å². The molecule has 1 aliphatic carbocycles. The molecular weight excluding hydrogens is 520 g/mol. The average Bonchev–Trinajstić information content (AvgIpc) is 2.94. The van der Waals surface area contributed by atoms with Gasteiger partial charge in [-0.25, -0.2) is 14.6 Å². The van der Waals surface area contributed by atoms with E-state index in [0.717, 1.165) is 38.7 Å². The maximum atomic E-state index is 13.5. The van der Waals surface area contributed by atoms with Crippen molar-refractivity contribution in [1.29, 1.82) is 0 Å². The quantitative estimate of drug-likeness (QED) is 0.299. The fraction of sp³-hybridized carbons (Fsp3) is 0.207. The lowest BCUT2D eigenvalue weighted by Gasteiger charge is -2.22. The van der Waals surface area contributed by atoms with Crippen LogP contribution in [0.25, 0.3) is 22.6 Å². The first-order chi connectivity index (χ1) is 18.7. The number of hydrogen-bond donors (Lipinski definition) is 1. The number of hydrogen-bond acceptors (Lipinski definition) is 7. The third-order valence-corrected chi connectivity index (χ3v) is 7.28. The molecule has 0 saturated heterocycles. The summed E-state index contributed by atoms with van der Waals surface area (Å²) in [5.41, 5.74) is 8.12. The van der Waals surface area contributed by atoms with Gasteiger partial charge in [-0.15, -0.1) is 0 Å². The molecule has 0 unspecified atom stereocenters. The number of aromatic nitrogens is 3. The lowest BCUT2D eigenvalue weighted by molar-refractivity contribution is 0.0475. The number of ketones is 1. The van der Waals surface area contributed by atoms with Crippen molar-refractivity contribution in [3.63, 3.8) is 0 Å². The molecule has 4 aromatic rings. The minimum atomic E-state index is -0.849. The summed E-state index contributed by atoms with van der Waals surface area (Å²) >= 11 is 6.40. The van der Waals surface area contributed by atoms with Crippen molar-refractivity contribution in [1.82, 2.24) is 14.1 Å². The number of rotatable bonds is 5. The summed E-state index contributed by atoms with van der Waals surface area (Å²) in [4.78, 5) is 56.0. The van der Waals surface area contributed by atoms with E-state index in [1.54, 1.807) is 12.1 Å². The third-order valence-electron chi connectivity index (χ3n) is 6.93. The second-order valence-corrected chi connectivity index (χ2v) is 9.75. The molecule has 0 bridgehead atoms. The molecule has 0 atom stereocenters. The van der Waals surface area contributed by atoms with E-state index in [2.05, 4.69) is 0 Å². The number of anilines is 1. The van der Waals surface area contributed by atoms with Crippen LogP contribution in [0, 0.1) is 0 Å². The molecular formula is C29H25ClN4O5. The zero-order chi connectivity index (χ0) is 27.8. The van der Waals surface area contributed by atoms with Gasteiger partial charge in [0.05, 0.1) is 16.8 Å². The first-order valence-corrected chi connectivity index (χ1v) is 12.7. The number of esters is 1. The molecule has 2 heterocycles. The summed E-state index contributed by atoms with van der Waals surface area (Å²) in [5, 5.41) is 1.21. The molecule has 10 heteroatoms. The van der Waals surface area contributed by atoms with Gasteiger partial charge in [0.15, 0.2) is 6.61 Å². The van der Waals surface area contributed by atoms with Gasteiger partial charge in [-0.1, -0.05) is 48.0 Å². The lowest BCUT2D eigenvalue weighted by atomic mass is 9.86. The van der Waals surface area contributed by atoms with Crippen molar-refractivity contribution >= 4 is 51.7 Å². The monoisotopic (exact) mass is 544 g/mol. The van der Waals surface area contributed by atoms with Crippen LogP contribution in [0.5, 0.6) is 0 Å². The SMILES string of the molecule is Cn1c(N)c(C(=O)COC(=O)c2c3c(nc4ccccc24)/C(=C\c2ccccc2Cl)CCC3)c(=O)n(C)c1=O. The normalized spacial score (nSPS) is 13.9. The van der Waals surface area contributed by atoms with Crippen LogP contribution in [0.1, 0.15) is 50.4 Å². The highest BCUT2D eigenvalue weighted by molar-refractivity contribution is 6.32. The summed E-state index contributed by atoms with van der Waals surface area (Å²) < 4.78 is 7.24. The molecule has 2 aromatic carbocycles. The highest BCUT2D eigenvalue weighted by atomic mass is 35.5. The van der Waals surface area contributed by atoms with Crippen molar-refractivity contribution in [3.8, 4) is 0 Å². The first kappa shape index (κ1) is 26.1. The van der Waals surface area contributed by atoms with Crippen LogP contribution in [-0.2, 0) is 25.3 Å².